The number of nitrogen functional groups attached to an aromatic ring is 1. The number of amides is 1. The third kappa shape index (κ3) is 4.32. The summed E-state index contributed by atoms with van der Waals surface area (Å²) in [6.45, 7) is 1.46. The molecule has 0 aliphatic rings. The number of para-hydroxylation sites is 1. The zero-order chi connectivity index (χ0) is 20.1. The molecule has 0 unspecified atom stereocenters. The minimum atomic E-state index is -0.271. The number of benzene rings is 2. The van der Waals surface area contributed by atoms with Gasteiger partial charge in [-0.15, -0.1) is 10.2 Å². The van der Waals surface area contributed by atoms with Crippen molar-refractivity contribution in [1.82, 2.24) is 14.9 Å². The lowest BCUT2D eigenvalue weighted by atomic mass is 10.1. The first-order valence-corrected chi connectivity index (χ1v) is 9.35. The number of hydrogen-bond acceptors (Lipinski definition) is 7. The number of methoxy groups -OCH3 is 1. The van der Waals surface area contributed by atoms with Crippen LogP contribution in [0.25, 0.3) is 11.4 Å². The third-order valence-electron chi connectivity index (χ3n) is 3.93. The van der Waals surface area contributed by atoms with Crippen molar-refractivity contribution >= 4 is 29.1 Å². The summed E-state index contributed by atoms with van der Waals surface area (Å²) < 4.78 is 6.47. The number of ether oxygens (including phenoxy) is 1. The van der Waals surface area contributed by atoms with E-state index in [1.54, 1.807) is 43.5 Å². The van der Waals surface area contributed by atoms with Gasteiger partial charge in [0.15, 0.2) is 11.6 Å². The number of carbonyl (C=O) groups excluding carboxylic acids is 2. The van der Waals surface area contributed by atoms with Crippen molar-refractivity contribution in [1.29, 1.82) is 0 Å². The van der Waals surface area contributed by atoms with Crippen molar-refractivity contribution in [3.05, 3.63) is 54.1 Å². The van der Waals surface area contributed by atoms with E-state index in [1.165, 1.54) is 11.6 Å². The second kappa shape index (κ2) is 8.57. The number of rotatable bonds is 7. The highest BCUT2D eigenvalue weighted by atomic mass is 32.2. The van der Waals surface area contributed by atoms with Crippen LogP contribution in [0.15, 0.2) is 53.7 Å². The van der Waals surface area contributed by atoms with Crippen LogP contribution in [0.2, 0.25) is 0 Å². The van der Waals surface area contributed by atoms with Crippen LogP contribution in [0.4, 0.5) is 5.69 Å². The first-order valence-electron chi connectivity index (χ1n) is 8.37. The van der Waals surface area contributed by atoms with E-state index in [4.69, 9.17) is 10.6 Å². The van der Waals surface area contributed by atoms with Crippen LogP contribution in [-0.2, 0) is 4.79 Å². The van der Waals surface area contributed by atoms with Gasteiger partial charge in [0.1, 0.15) is 5.75 Å². The summed E-state index contributed by atoms with van der Waals surface area (Å²) in [5.74, 6) is 6.96. The predicted octanol–water partition coefficient (Wildman–Crippen LogP) is 2.60. The average molecular weight is 397 g/mol. The second-order valence-corrected chi connectivity index (χ2v) is 6.79. The zero-order valence-electron chi connectivity index (χ0n) is 15.4. The molecule has 0 saturated carbocycles. The molecule has 144 valence electrons. The van der Waals surface area contributed by atoms with Gasteiger partial charge in [-0.3, -0.25) is 9.59 Å². The van der Waals surface area contributed by atoms with E-state index in [9.17, 15) is 9.59 Å². The molecular weight excluding hydrogens is 378 g/mol. The van der Waals surface area contributed by atoms with Crippen molar-refractivity contribution < 1.29 is 14.3 Å². The Balaban J connectivity index is 1.66. The van der Waals surface area contributed by atoms with E-state index in [0.717, 1.165) is 23.1 Å². The standard InChI is InChI=1S/C19H19N5O3S/c1-12(25)15-5-3-4-6-16(15)21-17(26)11-28-19-23-22-18(24(19)20)13-7-9-14(27-2)10-8-13/h3-10H,11,20H2,1-2H3,(H,21,26). The molecule has 0 bridgehead atoms. The summed E-state index contributed by atoms with van der Waals surface area (Å²) >= 11 is 1.15. The van der Waals surface area contributed by atoms with Gasteiger partial charge in [-0.25, -0.2) is 4.68 Å². The van der Waals surface area contributed by atoms with E-state index >= 15 is 0 Å². The van der Waals surface area contributed by atoms with Gasteiger partial charge >= 0.3 is 0 Å². The van der Waals surface area contributed by atoms with Gasteiger partial charge in [0.05, 0.1) is 18.6 Å². The molecular formula is C19H19N5O3S. The fourth-order valence-electron chi connectivity index (χ4n) is 2.53. The maximum atomic E-state index is 12.3. The Morgan fingerprint density at radius 1 is 1.14 bits per heavy atom. The molecule has 1 amide bonds. The molecule has 0 radical (unpaired) electrons. The number of nitrogens with zero attached hydrogens (tertiary/aromatic N) is 3. The molecule has 0 aliphatic heterocycles. The zero-order valence-corrected chi connectivity index (χ0v) is 16.2. The monoisotopic (exact) mass is 397 g/mol. The number of thioether (sulfide) groups is 1. The SMILES string of the molecule is COc1ccc(-c2nnc(SCC(=O)Nc3ccccc3C(C)=O)n2N)cc1. The molecule has 0 spiro atoms. The van der Waals surface area contributed by atoms with Crippen molar-refractivity contribution in [2.75, 3.05) is 24.0 Å². The Hall–Kier alpha value is -3.33. The maximum absolute atomic E-state index is 12.3. The first-order chi connectivity index (χ1) is 13.5. The Bertz CT molecular complexity index is 1000. The summed E-state index contributed by atoms with van der Waals surface area (Å²) in [5, 5.41) is 11.3. The van der Waals surface area contributed by atoms with Crippen LogP contribution in [0.5, 0.6) is 5.75 Å². The van der Waals surface area contributed by atoms with Crippen molar-refractivity contribution in [3.63, 3.8) is 0 Å². The number of nitrogens with one attached hydrogen (secondary N) is 1. The summed E-state index contributed by atoms with van der Waals surface area (Å²) in [6, 6.07) is 14.1. The van der Waals surface area contributed by atoms with Crippen LogP contribution in [-0.4, -0.2) is 39.4 Å². The average Bonchev–Trinajstić information content (AvgIpc) is 3.07. The highest BCUT2D eigenvalue weighted by Crippen LogP contribution is 2.24. The molecule has 28 heavy (non-hydrogen) atoms. The number of anilines is 1. The van der Waals surface area contributed by atoms with Crippen molar-refractivity contribution in [2.24, 2.45) is 0 Å². The van der Waals surface area contributed by atoms with Crippen LogP contribution in [0.1, 0.15) is 17.3 Å². The molecule has 1 heterocycles. The van der Waals surface area contributed by atoms with Crippen LogP contribution in [0.3, 0.4) is 0 Å². The van der Waals surface area contributed by atoms with Crippen LogP contribution < -0.4 is 15.9 Å². The summed E-state index contributed by atoms with van der Waals surface area (Å²) in [5.41, 5.74) is 1.72. The van der Waals surface area contributed by atoms with Crippen molar-refractivity contribution in [2.45, 2.75) is 12.1 Å². The molecule has 0 fully saturated rings. The van der Waals surface area contributed by atoms with Gasteiger partial charge < -0.3 is 15.9 Å². The fraction of sp³-hybridized carbons (Fsp3) is 0.158. The molecule has 3 N–H and O–H groups in total. The van der Waals surface area contributed by atoms with E-state index < -0.39 is 0 Å². The number of hydrogen-bond donors (Lipinski definition) is 2. The maximum Gasteiger partial charge on any atom is 0.234 e. The number of Topliss-reactive ketones (excluding diaryl/α,β-unsaturated/α-hetero) is 1. The van der Waals surface area contributed by atoms with Gasteiger partial charge in [0, 0.05) is 11.1 Å². The molecule has 1 aromatic heterocycles. The molecule has 2 aromatic carbocycles. The predicted molar refractivity (Wildman–Crippen MR) is 108 cm³/mol. The number of ketones is 1. The molecule has 9 heteroatoms. The van der Waals surface area contributed by atoms with Gasteiger partial charge in [-0.2, -0.15) is 0 Å². The summed E-state index contributed by atoms with van der Waals surface area (Å²) in [7, 11) is 1.59. The minimum Gasteiger partial charge on any atom is -0.497 e. The quantitative estimate of drug-likeness (QED) is 0.358. The molecule has 3 rings (SSSR count). The number of nitrogens with two attached hydrogens (primary N) is 1. The Morgan fingerprint density at radius 2 is 1.86 bits per heavy atom. The summed E-state index contributed by atoms with van der Waals surface area (Å²) in [6.07, 6.45) is 0. The molecule has 0 atom stereocenters. The van der Waals surface area contributed by atoms with E-state index in [2.05, 4.69) is 15.5 Å². The van der Waals surface area contributed by atoms with Crippen LogP contribution >= 0.6 is 11.8 Å². The van der Waals surface area contributed by atoms with E-state index in [1.807, 2.05) is 12.1 Å². The van der Waals surface area contributed by atoms with Crippen molar-refractivity contribution in [3.8, 4) is 17.1 Å². The third-order valence-corrected chi connectivity index (χ3v) is 4.87. The largest absolute Gasteiger partial charge is 0.497 e. The molecule has 0 saturated heterocycles. The van der Waals surface area contributed by atoms with Gasteiger partial charge in [-0.05, 0) is 43.3 Å². The summed E-state index contributed by atoms with van der Waals surface area (Å²) in [4.78, 5) is 23.9. The highest BCUT2D eigenvalue weighted by molar-refractivity contribution is 7.99. The Labute approximate surface area is 166 Å². The molecule has 3 aromatic rings. The molecule has 8 nitrogen and oxygen atoms in total. The normalized spacial score (nSPS) is 10.5. The topological polar surface area (TPSA) is 112 Å². The van der Waals surface area contributed by atoms with Crippen LogP contribution in [0, 0.1) is 0 Å². The Kier molecular flexibility index (Phi) is 5.95. The van der Waals surface area contributed by atoms with E-state index in [0.29, 0.717) is 22.2 Å². The lowest BCUT2D eigenvalue weighted by Gasteiger charge is -2.08. The lowest BCUT2D eigenvalue weighted by molar-refractivity contribution is -0.113. The Morgan fingerprint density at radius 3 is 2.54 bits per heavy atom. The van der Waals surface area contributed by atoms with E-state index in [-0.39, 0.29) is 17.4 Å². The lowest BCUT2D eigenvalue weighted by Crippen LogP contribution is -2.17. The minimum absolute atomic E-state index is 0.0736. The highest BCUT2D eigenvalue weighted by Gasteiger charge is 2.15. The van der Waals surface area contributed by atoms with Gasteiger partial charge in [-0.1, -0.05) is 23.9 Å². The smallest absolute Gasteiger partial charge is 0.234 e. The van der Waals surface area contributed by atoms with Gasteiger partial charge in [0.2, 0.25) is 11.1 Å². The first kappa shape index (κ1) is 19.4. The fourth-order valence-corrected chi connectivity index (χ4v) is 3.18. The second-order valence-electron chi connectivity index (χ2n) is 5.84. The van der Waals surface area contributed by atoms with Gasteiger partial charge in [0.25, 0.3) is 0 Å². The number of carbonyl (C=O) groups is 2. The molecule has 0 aliphatic carbocycles. The number of aromatic nitrogens is 3.